The number of rotatable bonds is 8. The van der Waals surface area contributed by atoms with E-state index < -0.39 is 8.07 Å². The molecule has 70 heavy (non-hydrogen) atoms. The molecule has 11 aromatic carbocycles. The van der Waals surface area contributed by atoms with Crippen molar-refractivity contribution in [2.75, 3.05) is 0 Å². The zero-order chi connectivity index (χ0) is 46.2. The molecule has 0 amide bonds. The molecule has 14 aromatic rings. The van der Waals surface area contributed by atoms with Crippen LogP contribution in [0.4, 0.5) is 0 Å². The molecular weight excluding hydrogens is 863 g/mol. The molecule has 0 aliphatic heterocycles. The fourth-order valence-electron chi connectivity index (χ4n) is 11.8. The highest BCUT2D eigenvalue weighted by Crippen LogP contribution is 2.40. The lowest BCUT2D eigenvalue weighted by Crippen LogP contribution is -2.75. The Balaban J connectivity index is 1.06. The Morgan fingerprint density at radius 1 is 0.229 bits per heavy atom. The molecule has 0 radical (unpaired) electrons. The van der Waals surface area contributed by atoms with Gasteiger partial charge in [-0.1, -0.05) is 212 Å². The summed E-state index contributed by atoms with van der Waals surface area (Å²) in [6.45, 7) is 0. The normalized spacial score (nSPS) is 12.0. The second-order valence-corrected chi connectivity index (χ2v) is 22.2. The molecule has 0 saturated heterocycles. The van der Waals surface area contributed by atoms with Crippen molar-refractivity contribution in [2.45, 2.75) is 0 Å². The van der Waals surface area contributed by atoms with Crippen LogP contribution in [0.3, 0.4) is 0 Å². The van der Waals surface area contributed by atoms with Crippen LogP contribution >= 0.6 is 0 Å². The van der Waals surface area contributed by atoms with Crippen molar-refractivity contribution >= 4 is 94.2 Å². The van der Waals surface area contributed by atoms with Crippen LogP contribution in [0.5, 0.6) is 0 Å². The van der Waals surface area contributed by atoms with Crippen molar-refractivity contribution in [1.82, 2.24) is 13.7 Å². The summed E-state index contributed by atoms with van der Waals surface area (Å²) in [5, 5.41) is 12.8. The topological polar surface area (TPSA) is 14.8 Å². The van der Waals surface area contributed by atoms with E-state index in [1.54, 1.807) is 0 Å². The maximum atomic E-state index is 2.57. The van der Waals surface area contributed by atoms with Gasteiger partial charge in [0.25, 0.3) is 0 Å². The Morgan fingerprint density at radius 3 is 1.21 bits per heavy atom. The molecule has 0 aliphatic rings. The predicted octanol–water partition coefficient (Wildman–Crippen LogP) is 14.0. The molecule has 0 spiro atoms. The molecule has 4 heteroatoms. The van der Waals surface area contributed by atoms with Crippen molar-refractivity contribution in [3.63, 3.8) is 0 Å². The summed E-state index contributed by atoms with van der Waals surface area (Å²) in [5.74, 6) is 0. The van der Waals surface area contributed by atoms with Crippen molar-refractivity contribution in [2.24, 2.45) is 0 Å². The molecule has 3 heterocycles. The predicted molar refractivity (Wildman–Crippen MR) is 299 cm³/mol. The number of hydrogen-bond donors (Lipinski definition) is 0. The van der Waals surface area contributed by atoms with Crippen LogP contribution in [-0.2, 0) is 0 Å². The molecule has 14 rings (SSSR count). The first-order valence-electron chi connectivity index (χ1n) is 24.2. The van der Waals surface area contributed by atoms with E-state index in [0.29, 0.717) is 0 Å². The summed E-state index contributed by atoms with van der Waals surface area (Å²) in [5.41, 5.74) is 12.9. The van der Waals surface area contributed by atoms with Crippen LogP contribution in [0.2, 0.25) is 0 Å². The molecule has 0 fully saturated rings. The molecule has 0 bridgehead atoms. The van der Waals surface area contributed by atoms with E-state index in [-0.39, 0.29) is 0 Å². The number of aromatic nitrogens is 3. The largest absolute Gasteiger partial charge is 0.309 e. The minimum absolute atomic E-state index is 1.12. The number of fused-ring (bicyclic) bond motifs is 9. The van der Waals surface area contributed by atoms with Crippen LogP contribution in [-0.4, -0.2) is 21.8 Å². The zero-order valence-electron chi connectivity index (χ0n) is 38.3. The molecule has 0 atom stereocenters. The van der Waals surface area contributed by atoms with E-state index in [4.69, 9.17) is 0 Å². The van der Waals surface area contributed by atoms with E-state index in [0.717, 1.165) is 28.1 Å². The molecule has 0 saturated carbocycles. The maximum absolute atomic E-state index is 2.96. The Hall–Kier alpha value is -8.96. The summed E-state index contributed by atoms with van der Waals surface area (Å²) in [4.78, 5) is 0. The van der Waals surface area contributed by atoms with E-state index >= 15 is 0 Å². The zero-order valence-corrected chi connectivity index (χ0v) is 39.3. The van der Waals surface area contributed by atoms with Gasteiger partial charge < -0.3 is 13.7 Å². The molecule has 0 aliphatic carbocycles. The van der Waals surface area contributed by atoms with E-state index in [1.807, 2.05) is 0 Å². The van der Waals surface area contributed by atoms with Gasteiger partial charge in [-0.25, -0.2) is 0 Å². The minimum atomic E-state index is -2.96. The lowest BCUT2D eigenvalue weighted by molar-refractivity contribution is 1.15. The molecule has 3 aromatic heterocycles. The highest BCUT2D eigenvalue weighted by atomic mass is 28.3. The first-order valence-corrected chi connectivity index (χ1v) is 26.2. The Morgan fingerprint density at radius 2 is 0.629 bits per heavy atom. The van der Waals surface area contributed by atoms with Gasteiger partial charge in [-0.3, -0.25) is 0 Å². The van der Waals surface area contributed by atoms with Gasteiger partial charge in [0, 0.05) is 49.4 Å². The maximum Gasteiger partial charge on any atom is 0.181 e. The lowest BCUT2D eigenvalue weighted by Gasteiger charge is -2.35. The lowest BCUT2D eigenvalue weighted by atomic mass is 10.1. The summed E-state index contributed by atoms with van der Waals surface area (Å²) in [6.07, 6.45) is 0. The third kappa shape index (κ3) is 6.00. The van der Waals surface area contributed by atoms with Crippen LogP contribution in [0.15, 0.2) is 273 Å². The number of nitrogens with zero attached hydrogens (tertiary/aromatic N) is 3. The quantitative estimate of drug-likeness (QED) is 0.107. The summed E-state index contributed by atoms with van der Waals surface area (Å²) < 4.78 is 7.47. The third-order valence-electron chi connectivity index (χ3n) is 14.8. The van der Waals surface area contributed by atoms with E-state index in [9.17, 15) is 0 Å². The fraction of sp³-hybridized carbons (Fsp3) is 0. The SMILES string of the molecule is c1ccc(-c2ccc(-n3c4ccc(-n5c6ccccc6c6cccc([Si](c7ccccc7)(c7ccccc7)c7ccccc7)c65)cc4c4ccc(-n5c6ccccc6c6ccccc65)cc43)cc2)cc1. The van der Waals surface area contributed by atoms with Crippen LogP contribution in [0, 0.1) is 0 Å². The van der Waals surface area contributed by atoms with Gasteiger partial charge in [0.2, 0.25) is 0 Å². The average Bonchev–Trinajstić information content (AvgIpc) is 4.08. The smallest absolute Gasteiger partial charge is 0.181 e. The van der Waals surface area contributed by atoms with Gasteiger partial charge >= 0.3 is 0 Å². The van der Waals surface area contributed by atoms with Gasteiger partial charge in [0.15, 0.2) is 8.07 Å². The van der Waals surface area contributed by atoms with Gasteiger partial charge in [-0.2, -0.15) is 0 Å². The number of para-hydroxylation sites is 4. The molecule has 0 unspecified atom stereocenters. The Labute approximate surface area is 407 Å². The molecule has 328 valence electrons. The van der Waals surface area contributed by atoms with E-state index in [1.165, 1.54) is 86.3 Å². The van der Waals surface area contributed by atoms with Crippen LogP contribution in [0.25, 0.3) is 93.6 Å². The monoisotopic (exact) mass is 907 g/mol. The second kappa shape index (κ2) is 16.1. The molecule has 3 nitrogen and oxygen atoms in total. The summed E-state index contributed by atoms with van der Waals surface area (Å²) in [6, 6.07) is 101. The molecular formula is C66H45N3Si. The molecule has 0 N–H and O–H groups in total. The standard InChI is InChI=1S/C66H45N3Si/c1-5-20-46(21-6-1)47-36-38-48(39-37-47)67-63-43-41-49(44-59(63)57-42-40-50(45-64(57)67)68-60-32-16-13-28-54(60)55-29-14-17-33-61(55)68)69-62-34-18-15-30-56(62)58-31-19-35-65(66(58)69)70(51-22-7-2-8-23-51,52-24-9-3-10-25-52)53-26-11-4-12-27-53/h1-45H. The van der Waals surface area contributed by atoms with Gasteiger partial charge in [-0.15, -0.1) is 0 Å². The highest BCUT2D eigenvalue weighted by molar-refractivity contribution is 7.20. The Bertz CT molecular complexity index is 4110. The minimum Gasteiger partial charge on any atom is -0.309 e. The fourth-order valence-corrected chi connectivity index (χ4v) is 16.8. The first-order chi connectivity index (χ1) is 34.8. The van der Waals surface area contributed by atoms with Crippen molar-refractivity contribution in [1.29, 1.82) is 0 Å². The van der Waals surface area contributed by atoms with Crippen LogP contribution < -0.4 is 20.7 Å². The Kier molecular flexibility index (Phi) is 9.23. The third-order valence-corrected chi connectivity index (χ3v) is 19.6. The number of hydrogen-bond acceptors (Lipinski definition) is 0. The summed E-state index contributed by atoms with van der Waals surface area (Å²) >= 11 is 0. The van der Waals surface area contributed by atoms with Gasteiger partial charge in [-0.05, 0) is 92.5 Å². The highest BCUT2D eigenvalue weighted by Gasteiger charge is 2.43. The first kappa shape index (κ1) is 40.1. The number of benzene rings is 11. The van der Waals surface area contributed by atoms with Crippen molar-refractivity contribution < 1.29 is 0 Å². The second-order valence-electron chi connectivity index (χ2n) is 18.4. The van der Waals surface area contributed by atoms with Gasteiger partial charge in [0.1, 0.15) is 0 Å². The van der Waals surface area contributed by atoms with Gasteiger partial charge in [0.05, 0.1) is 33.1 Å². The van der Waals surface area contributed by atoms with Crippen molar-refractivity contribution in [3.8, 4) is 28.2 Å². The van der Waals surface area contributed by atoms with Crippen molar-refractivity contribution in [3.05, 3.63) is 273 Å². The average molecular weight is 908 g/mol. The van der Waals surface area contributed by atoms with Crippen LogP contribution in [0.1, 0.15) is 0 Å². The van der Waals surface area contributed by atoms with E-state index in [2.05, 4.69) is 287 Å². The summed E-state index contributed by atoms with van der Waals surface area (Å²) in [7, 11) is -2.96.